The number of fused-ring (bicyclic) bond motifs is 1. The lowest BCUT2D eigenvalue weighted by atomic mass is 10.1. The molecule has 2 aromatic carbocycles. The third kappa shape index (κ3) is 2.98. The third-order valence-electron chi connectivity index (χ3n) is 4.12. The van der Waals surface area contributed by atoms with E-state index in [0.717, 1.165) is 33.8 Å². The summed E-state index contributed by atoms with van der Waals surface area (Å²) in [4.78, 5) is 7.75. The molecule has 0 aliphatic rings. The monoisotopic (exact) mass is 401 g/mol. The molecule has 4 aromatic rings. The number of ether oxygens (including phenoxy) is 1. The van der Waals surface area contributed by atoms with Crippen LogP contribution in [0.1, 0.15) is 0 Å². The highest BCUT2D eigenvalue weighted by molar-refractivity contribution is 7.71. The number of hydrogen-bond acceptors (Lipinski definition) is 3. The Morgan fingerprint density at radius 2 is 1.96 bits per heavy atom. The van der Waals surface area contributed by atoms with Gasteiger partial charge in [-0.15, -0.1) is 0 Å². The van der Waals surface area contributed by atoms with Crippen LogP contribution in [0.2, 0.25) is 10.0 Å². The number of rotatable bonds is 3. The van der Waals surface area contributed by atoms with E-state index in [2.05, 4.69) is 9.97 Å². The number of nitrogens with zero attached hydrogens (tertiary/aromatic N) is 2. The van der Waals surface area contributed by atoms with Crippen LogP contribution >= 0.6 is 35.4 Å². The second kappa shape index (κ2) is 6.76. The topological polar surface area (TPSA) is 42.3 Å². The van der Waals surface area contributed by atoms with E-state index >= 15 is 0 Å². The fraction of sp³-hybridized carbons (Fsp3) is 0.0526. The van der Waals surface area contributed by atoms with Crippen molar-refractivity contribution in [3.05, 3.63) is 69.7 Å². The molecule has 4 rings (SSSR count). The maximum atomic E-state index is 6.39. The fourth-order valence-corrected chi connectivity index (χ4v) is 3.55. The minimum Gasteiger partial charge on any atom is -0.497 e. The molecule has 2 aromatic heterocycles. The van der Waals surface area contributed by atoms with Crippen LogP contribution in [0.15, 0.2) is 54.9 Å². The van der Waals surface area contributed by atoms with Crippen LogP contribution in [0.3, 0.4) is 0 Å². The first kappa shape index (κ1) is 17.1. The summed E-state index contributed by atoms with van der Waals surface area (Å²) in [6.45, 7) is 0. The Kier molecular flexibility index (Phi) is 4.44. The summed E-state index contributed by atoms with van der Waals surface area (Å²) in [6.07, 6.45) is 3.64. The smallest absolute Gasteiger partial charge is 0.205 e. The molecule has 0 bridgehead atoms. The molecule has 7 heteroatoms. The van der Waals surface area contributed by atoms with Gasteiger partial charge < -0.3 is 9.72 Å². The van der Waals surface area contributed by atoms with Crippen LogP contribution in [0.5, 0.6) is 5.75 Å². The molecule has 0 aliphatic carbocycles. The van der Waals surface area contributed by atoms with Gasteiger partial charge in [0.15, 0.2) is 0 Å². The van der Waals surface area contributed by atoms with Crippen LogP contribution in [0.25, 0.3) is 28.0 Å². The molecule has 0 saturated carbocycles. The maximum Gasteiger partial charge on any atom is 0.205 e. The van der Waals surface area contributed by atoms with Gasteiger partial charge in [0.25, 0.3) is 0 Å². The highest BCUT2D eigenvalue weighted by Gasteiger charge is 2.13. The number of imidazole rings is 1. The van der Waals surface area contributed by atoms with Crippen LogP contribution < -0.4 is 4.74 Å². The molecule has 4 nitrogen and oxygen atoms in total. The van der Waals surface area contributed by atoms with Crippen LogP contribution in [-0.4, -0.2) is 21.5 Å². The van der Waals surface area contributed by atoms with Gasteiger partial charge in [-0.05, 0) is 36.5 Å². The van der Waals surface area contributed by atoms with Gasteiger partial charge in [-0.1, -0.05) is 41.4 Å². The predicted molar refractivity (Wildman–Crippen MR) is 108 cm³/mol. The molecule has 2 heterocycles. The average molecular weight is 402 g/mol. The summed E-state index contributed by atoms with van der Waals surface area (Å²) in [6, 6.07) is 13.2. The lowest BCUT2D eigenvalue weighted by molar-refractivity contribution is 0.415. The third-order valence-corrected chi connectivity index (χ3v) is 4.97. The number of halogens is 2. The van der Waals surface area contributed by atoms with Crippen molar-refractivity contribution in [1.82, 2.24) is 14.4 Å². The number of hydrogen-bond donors (Lipinski definition) is 1. The molecule has 26 heavy (non-hydrogen) atoms. The number of benzene rings is 2. The van der Waals surface area contributed by atoms with Gasteiger partial charge in [0.05, 0.1) is 17.8 Å². The van der Waals surface area contributed by atoms with Gasteiger partial charge in [-0.3, -0.25) is 4.40 Å². The highest BCUT2D eigenvalue weighted by Crippen LogP contribution is 2.33. The number of aromatic nitrogens is 3. The number of aromatic amines is 1. The van der Waals surface area contributed by atoms with Crippen molar-refractivity contribution < 1.29 is 4.74 Å². The average Bonchev–Trinajstić information content (AvgIpc) is 3.09. The number of H-pyrrole nitrogens is 1. The van der Waals surface area contributed by atoms with Crippen molar-refractivity contribution in [3.63, 3.8) is 0 Å². The maximum absolute atomic E-state index is 6.39. The SMILES string of the molecule is COc1cccc(-c2cn3c(=S)ncc(-c4ccc(Cl)cc4Cl)c3[nH]2)c1. The molecule has 130 valence electrons. The normalized spacial score (nSPS) is 11.0. The lowest BCUT2D eigenvalue weighted by Crippen LogP contribution is -1.93. The van der Waals surface area contributed by atoms with Crippen LogP contribution in [0.4, 0.5) is 0 Å². The Morgan fingerprint density at radius 1 is 1.12 bits per heavy atom. The minimum absolute atomic E-state index is 0.458. The first-order valence-electron chi connectivity index (χ1n) is 7.77. The van der Waals surface area contributed by atoms with Gasteiger partial charge in [0.1, 0.15) is 11.4 Å². The Bertz CT molecular complexity index is 1180. The highest BCUT2D eigenvalue weighted by atomic mass is 35.5. The fourth-order valence-electron chi connectivity index (χ4n) is 2.85. The molecular formula is C19H13Cl2N3OS. The molecule has 0 saturated heterocycles. The van der Waals surface area contributed by atoms with E-state index in [4.69, 9.17) is 40.2 Å². The van der Waals surface area contributed by atoms with Crippen molar-refractivity contribution in [3.8, 4) is 28.1 Å². The van der Waals surface area contributed by atoms with Crippen LogP contribution in [-0.2, 0) is 0 Å². The van der Waals surface area contributed by atoms with E-state index in [-0.39, 0.29) is 0 Å². The van der Waals surface area contributed by atoms with Crippen molar-refractivity contribution >= 4 is 41.1 Å². The van der Waals surface area contributed by atoms with E-state index in [1.165, 1.54) is 0 Å². The van der Waals surface area contributed by atoms with Gasteiger partial charge in [0, 0.05) is 34.1 Å². The van der Waals surface area contributed by atoms with Crippen molar-refractivity contribution in [2.75, 3.05) is 7.11 Å². The largest absolute Gasteiger partial charge is 0.497 e. The molecule has 0 spiro atoms. The van der Waals surface area contributed by atoms with E-state index in [0.29, 0.717) is 14.8 Å². The molecule has 0 radical (unpaired) electrons. The van der Waals surface area contributed by atoms with Crippen LogP contribution in [0, 0.1) is 4.77 Å². The second-order valence-corrected chi connectivity index (χ2v) is 6.91. The van der Waals surface area contributed by atoms with Crippen molar-refractivity contribution in [1.29, 1.82) is 0 Å². The van der Waals surface area contributed by atoms with Gasteiger partial charge in [0.2, 0.25) is 4.77 Å². The summed E-state index contributed by atoms with van der Waals surface area (Å²) < 4.78 is 7.61. The van der Waals surface area contributed by atoms with E-state index in [1.807, 2.05) is 40.9 Å². The van der Waals surface area contributed by atoms with E-state index < -0.39 is 0 Å². The second-order valence-electron chi connectivity index (χ2n) is 5.70. The number of methoxy groups -OCH3 is 1. The summed E-state index contributed by atoms with van der Waals surface area (Å²) in [5.74, 6) is 0.781. The summed E-state index contributed by atoms with van der Waals surface area (Å²) in [5, 5.41) is 1.13. The predicted octanol–water partition coefficient (Wildman–Crippen LogP) is 6.04. The summed E-state index contributed by atoms with van der Waals surface area (Å²) >= 11 is 17.8. The van der Waals surface area contributed by atoms with Gasteiger partial charge >= 0.3 is 0 Å². The molecule has 1 N–H and O–H groups in total. The first-order valence-corrected chi connectivity index (χ1v) is 8.93. The summed E-state index contributed by atoms with van der Waals surface area (Å²) in [7, 11) is 1.64. The van der Waals surface area contributed by atoms with E-state index in [1.54, 1.807) is 25.4 Å². The molecule has 0 fully saturated rings. The minimum atomic E-state index is 0.458. The first-order chi connectivity index (χ1) is 12.6. The Labute approximate surface area is 165 Å². The van der Waals surface area contributed by atoms with Gasteiger partial charge in [-0.25, -0.2) is 4.98 Å². The molecule has 0 aliphatic heterocycles. The standard InChI is InChI=1S/C19H13Cl2N3OS/c1-25-13-4-2-3-11(7-13)17-10-24-18(23-17)15(9-22-19(24)26)14-6-5-12(20)8-16(14)21/h2-10,23H,1H3. The van der Waals surface area contributed by atoms with Crippen molar-refractivity contribution in [2.45, 2.75) is 0 Å². The quantitative estimate of drug-likeness (QED) is 0.425. The van der Waals surface area contributed by atoms with E-state index in [9.17, 15) is 0 Å². The summed E-state index contributed by atoms with van der Waals surface area (Å²) in [5.41, 5.74) is 4.36. The molecule has 0 unspecified atom stereocenters. The lowest BCUT2D eigenvalue weighted by Gasteiger charge is -2.06. The zero-order valence-corrected chi connectivity index (χ0v) is 16.0. The van der Waals surface area contributed by atoms with Gasteiger partial charge in [-0.2, -0.15) is 0 Å². The molecular weight excluding hydrogens is 389 g/mol. The Balaban J connectivity index is 1.95. The zero-order valence-electron chi connectivity index (χ0n) is 13.7. The zero-order chi connectivity index (χ0) is 18.3. The Hall–Kier alpha value is -2.34. The molecule has 0 atom stereocenters. The number of nitrogens with one attached hydrogen (secondary N) is 1. The molecule has 0 amide bonds. The Morgan fingerprint density at radius 3 is 2.73 bits per heavy atom. The van der Waals surface area contributed by atoms with Crippen molar-refractivity contribution in [2.24, 2.45) is 0 Å².